The van der Waals surface area contributed by atoms with Gasteiger partial charge in [0, 0.05) is 67.9 Å². The van der Waals surface area contributed by atoms with Gasteiger partial charge in [-0.1, -0.05) is 81.5 Å². The number of hydrogen-bond donors (Lipinski definition) is 11. The lowest BCUT2D eigenvalue weighted by Gasteiger charge is -2.69. The van der Waals surface area contributed by atoms with E-state index in [9.17, 15) is 96.7 Å². The third-order valence-electron chi connectivity index (χ3n) is 25.1. The van der Waals surface area contributed by atoms with Gasteiger partial charge in [0.15, 0.2) is 22.7 Å². The first-order valence-electron chi connectivity index (χ1n) is 41.3. The van der Waals surface area contributed by atoms with Crippen molar-refractivity contribution in [2.75, 3.05) is 74.8 Å². The second kappa shape index (κ2) is 37.4. The molecule has 38 heteroatoms. The number of nitrogens with zero attached hydrogens (tertiary/aromatic N) is 8. The number of carbonyl (C=O) groups excluding carboxylic acids is 8. The number of Topliss-reactive ketones (excluding diaryl/α,β-unsaturated/α-hetero) is 1. The first kappa shape index (κ1) is 91.3. The van der Waals surface area contributed by atoms with Crippen LogP contribution >= 0.6 is 23.1 Å². The SMILES string of the molecule is CSC1CC(=O)N([C@H]2C[C@@H](COCCS(=O)(=O)O)N(CC(=O)N[C@H](C(=O)N[C@@H](C)C(=O)Cc3ccc(COC(=O)N(CCOC45CC6(C)CC(C)(CC(Cn7ncc(-c8ccc(N9CCc%10cccc(C(=O)Nc%11nc%12ccccc%12s%11)c%10C9)nc8C(=O)O)c7C)(C6)C4)C5)CC[C@H](O)CO)c(CC[C@@H]4O[C@H](C(=O)O)[C@@H](O)[C@H](O)[C@H]4O)c3)C(C)C)C2=O)C1=O. The number of aliphatic hydroxyl groups excluding tert-OH is 5. The van der Waals surface area contributed by atoms with Crippen LogP contribution in [0.4, 0.5) is 15.7 Å². The molecule has 4 aliphatic carbocycles. The molecule has 4 saturated carbocycles. The van der Waals surface area contributed by atoms with Crippen molar-refractivity contribution in [2.24, 2.45) is 22.2 Å². The standard InChI is InChI=1S/C85H107N11O24S3/c1-46(2)68(90-66(100)35-94-53(38-117-27-28-123(114,115)116)31-60(76(94)107)96-67(101)32-64(121-7)77(96)108)75(106)87-47(3)61(99)30-49-15-16-52(51(29-49)17-19-62-70(102)71(103)72(104)73(120-62)79(111)112)37-118-81(113)92(24-22-54(98)36-97)25-26-119-85-42-82(5)39-83(6,43-85)41-84(40-82,44-85)45-95-48(4)57(33-86-95)55-18-20-65(89-69(55)78(109)110)93-23-21-50-11-10-12-56(58(50)34-93)74(105)91-80-88-59-13-8-9-14-63(59)122-80/h8-16,18,20,29,33,46-47,53-54,60,62,64,68,70-73,97-98,102-104H,17,19,21-28,30-32,34-45H2,1-7H3,(H,87,106)(H,90,100)(H,109,110)(H,111,112)(H,88,91,105)(H,114,115,116)/t47-,53-,54-,60-,62-,64?,68-,70-,71+,72-,73-,82?,83?,84?,85?/m0/s1. The lowest BCUT2D eigenvalue weighted by atomic mass is 9.39. The molecule has 123 heavy (non-hydrogen) atoms. The molecule has 14 rings (SSSR count). The normalized spacial score (nSPS) is 26.2. The molecule has 6 aromatic rings. The zero-order chi connectivity index (χ0) is 88.5. The van der Waals surface area contributed by atoms with Crippen molar-refractivity contribution in [1.29, 1.82) is 0 Å². The number of aromatic carboxylic acids is 1. The maximum absolute atomic E-state index is 14.6. The van der Waals surface area contributed by atoms with E-state index in [1.54, 1.807) is 56.6 Å². The van der Waals surface area contributed by atoms with E-state index in [1.807, 2.05) is 59.0 Å². The van der Waals surface area contributed by atoms with Crippen LogP contribution in [0.15, 0.2) is 79.0 Å². The number of benzene rings is 3. The van der Waals surface area contributed by atoms with Crippen LogP contribution in [0.25, 0.3) is 21.3 Å². The quantitative estimate of drug-likeness (QED) is 0.0141. The molecule has 8 aliphatic rings. The highest BCUT2D eigenvalue weighted by Gasteiger charge is 2.66. The average Bonchev–Trinajstić information content (AvgIpc) is 1.18. The Hall–Kier alpha value is -9.45. The van der Waals surface area contributed by atoms with Gasteiger partial charge in [0.05, 0.1) is 90.3 Å². The predicted octanol–water partition coefficient (Wildman–Crippen LogP) is 4.88. The molecule has 11 N–H and O–H groups in total. The number of imide groups is 1. The lowest BCUT2D eigenvalue weighted by Crippen LogP contribution is -2.64. The largest absolute Gasteiger partial charge is 0.479 e. The van der Waals surface area contributed by atoms with Crippen molar-refractivity contribution < 1.29 is 116 Å². The second-order valence-electron chi connectivity index (χ2n) is 35.1. The van der Waals surface area contributed by atoms with Gasteiger partial charge >= 0.3 is 18.0 Å². The van der Waals surface area contributed by atoms with Gasteiger partial charge in [0.2, 0.25) is 29.5 Å². The highest BCUT2D eigenvalue weighted by molar-refractivity contribution is 8.00. The number of aryl methyl sites for hydroxylation is 1. The Bertz CT molecular complexity index is 5110. The topological polar surface area (TPSA) is 496 Å². The molecular formula is C85H107N11O24S3. The Kier molecular flexibility index (Phi) is 27.7. The molecule has 7 amide bonds. The summed E-state index contributed by atoms with van der Waals surface area (Å²) in [6.07, 6.45) is -3.06. The Balaban J connectivity index is 0.664. The smallest absolute Gasteiger partial charge is 0.410 e. The molecule has 3 aromatic carbocycles. The number of carbonyl (C=O) groups is 10. The number of hydrogen-bond acceptors (Lipinski definition) is 27. The van der Waals surface area contributed by atoms with E-state index in [1.165, 1.54) is 23.2 Å². The molecule has 4 bridgehead atoms. The van der Waals surface area contributed by atoms with Gasteiger partial charge in [0.25, 0.3) is 16.0 Å². The summed E-state index contributed by atoms with van der Waals surface area (Å²) in [5.74, 6) is -8.16. The summed E-state index contributed by atoms with van der Waals surface area (Å²) in [7, 11) is -4.43. The van der Waals surface area contributed by atoms with Gasteiger partial charge in [-0.25, -0.2) is 24.4 Å². The van der Waals surface area contributed by atoms with Gasteiger partial charge in [-0.2, -0.15) is 25.3 Å². The van der Waals surface area contributed by atoms with Crippen LogP contribution in [0.5, 0.6) is 0 Å². The first-order chi connectivity index (χ1) is 58.3. The first-order valence-corrected chi connectivity index (χ1v) is 45.0. The summed E-state index contributed by atoms with van der Waals surface area (Å²) < 4.78 is 59.3. The molecule has 664 valence electrons. The number of pyridine rings is 1. The number of thiazole rings is 1. The van der Waals surface area contributed by atoms with E-state index in [-0.39, 0.29) is 92.7 Å². The van der Waals surface area contributed by atoms with E-state index < -0.39 is 173 Å². The van der Waals surface area contributed by atoms with Crippen molar-refractivity contribution in [1.82, 2.24) is 45.1 Å². The number of aliphatic hydroxyl groups is 5. The molecular weight excluding hydrogens is 1660 g/mol. The number of carboxylic acids is 2. The lowest BCUT2D eigenvalue weighted by molar-refractivity contribution is -0.248. The number of ether oxygens (including phenoxy) is 4. The van der Waals surface area contributed by atoms with Gasteiger partial charge in [-0.05, 0) is 171 Å². The maximum Gasteiger partial charge on any atom is 0.410 e. The number of thioether (sulfide) groups is 1. The molecule has 0 spiro atoms. The number of carboxylic acid groups (broad SMARTS) is 2. The molecule has 13 atom stereocenters. The average molecular weight is 1760 g/mol. The highest BCUT2D eigenvalue weighted by atomic mass is 32.2. The summed E-state index contributed by atoms with van der Waals surface area (Å²) in [5, 5.41) is 86.7. The Morgan fingerprint density at radius 2 is 1.59 bits per heavy atom. The van der Waals surface area contributed by atoms with E-state index in [0.717, 1.165) is 80.7 Å². The molecule has 7 heterocycles. The number of para-hydroxylation sites is 1. The third kappa shape index (κ3) is 20.6. The highest BCUT2D eigenvalue weighted by Crippen LogP contribution is 2.72. The monoisotopic (exact) mass is 1760 g/mol. The molecule has 3 unspecified atom stereocenters. The minimum absolute atomic E-state index is 0.00846. The van der Waals surface area contributed by atoms with Crippen LogP contribution in [-0.2, 0) is 102 Å². The second-order valence-corrected chi connectivity index (χ2v) is 38.7. The fourth-order valence-electron chi connectivity index (χ4n) is 20.2. The van der Waals surface area contributed by atoms with Crippen LogP contribution < -0.4 is 20.9 Å². The number of aromatic nitrogens is 4. The Morgan fingerprint density at radius 1 is 0.846 bits per heavy atom. The van der Waals surface area contributed by atoms with E-state index in [4.69, 9.17) is 29.0 Å². The van der Waals surface area contributed by atoms with Gasteiger partial charge in [-0.3, -0.25) is 53.0 Å². The fourth-order valence-corrected chi connectivity index (χ4v) is 22.0. The molecule has 7 fully saturated rings. The number of rotatable bonds is 37. The number of likely N-dealkylation sites (tertiary alicyclic amines) is 2. The van der Waals surface area contributed by atoms with Crippen LogP contribution in [0.3, 0.4) is 0 Å². The van der Waals surface area contributed by atoms with E-state index in [2.05, 4.69) is 34.8 Å². The fraction of sp³-hybridized carbons (Fsp3) is 0.565. The van der Waals surface area contributed by atoms with Crippen LogP contribution in [-0.4, -0.2) is 279 Å². The number of anilines is 2. The molecule has 3 saturated heterocycles. The van der Waals surface area contributed by atoms with E-state index in [0.29, 0.717) is 76.8 Å². The van der Waals surface area contributed by atoms with Crippen molar-refractivity contribution in [3.8, 4) is 11.1 Å². The van der Waals surface area contributed by atoms with Gasteiger partial charge < -0.3 is 80.0 Å². The summed E-state index contributed by atoms with van der Waals surface area (Å²) in [6, 6.07) is 16.9. The zero-order valence-corrected chi connectivity index (χ0v) is 72.0. The Labute approximate surface area is 718 Å². The zero-order valence-electron chi connectivity index (χ0n) is 69.5. The predicted molar refractivity (Wildman–Crippen MR) is 448 cm³/mol. The molecule has 3 aromatic heterocycles. The molecule has 35 nitrogen and oxygen atoms in total. The van der Waals surface area contributed by atoms with Crippen molar-refractivity contribution in [2.45, 2.75) is 216 Å². The summed E-state index contributed by atoms with van der Waals surface area (Å²) in [6.45, 7) is 9.96. The van der Waals surface area contributed by atoms with Crippen LogP contribution in [0.1, 0.15) is 153 Å². The van der Waals surface area contributed by atoms with Crippen LogP contribution in [0.2, 0.25) is 0 Å². The Morgan fingerprint density at radius 3 is 2.28 bits per heavy atom. The van der Waals surface area contributed by atoms with Crippen molar-refractivity contribution in [3.63, 3.8) is 0 Å². The minimum Gasteiger partial charge on any atom is -0.479 e. The van der Waals surface area contributed by atoms with Gasteiger partial charge in [-0.15, -0.1) is 0 Å². The maximum atomic E-state index is 14.6. The minimum atomic E-state index is -4.43. The number of fused-ring (bicyclic) bond motifs is 2. The van der Waals surface area contributed by atoms with E-state index >= 15 is 0 Å². The molecule has 4 aliphatic heterocycles. The van der Waals surface area contributed by atoms with Crippen molar-refractivity contribution in [3.05, 3.63) is 124 Å². The number of ketones is 1. The van der Waals surface area contributed by atoms with Crippen molar-refractivity contribution >= 4 is 114 Å². The number of aliphatic carboxylic acids is 1. The van der Waals surface area contributed by atoms with Crippen LogP contribution in [0, 0.1) is 29.1 Å². The number of amides is 7. The third-order valence-corrected chi connectivity index (χ3v) is 27.6. The summed E-state index contributed by atoms with van der Waals surface area (Å²) in [5.41, 5.74) is 4.62. The number of nitrogens with one attached hydrogen (secondary N) is 3. The summed E-state index contributed by atoms with van der Waals surface area (Å²) in [4.78, 5) is 151. The van der Waals surface area contributed by atoms with Gasteiger partial charge in [0.1, 0.15) is 42.8 Å². The summed E-state index contributed by atoms with van der Waals surface area (Å²) >= 11 is 2.52. The molecule has 0 radical (unpaired) electrons.